The summed E-state index contributed by atoms with van der Waals surface area (Å²) in [4.78, 5) is 58.5. The average Bonchev–Trinajstić information content (AvgIpc) is 3.64. The fraction of sp³-hybridized carbons (Fsp3) is 0.125. The monoisotopic (exact) mass is 700 g/mol. The lowest BCUT2D eigenvalue weighted by atomic mass is 9.59. The van der Waals surface area contributed by atoms with Crippen LogP contribution in [0.2, 0.25) is 10.0 Å². The molecule has 5 aromatic rings. The third-order valence-corrected chi connectivity index (χ3v) is 10.8. The molecule has 246 valence electrons. The van der Waals surface area contributed by atoms with Crippen molar-refractivity contribution >= 4 is 63.3 Å². The van der Waals surface area contributed by atoms with E-state index in [0.717, 1.165) is 16.0 Å². The number of hydrogen-bond donors (Lipinski definition) is 0. The number of nitro benzene ring substituents is 1. The van der Waals surface area contributed by atoms with Gasteiger partial charge < -0.3 is 4.74 Å². The minimum Gasteiger partial charge on any atom is -0.494 e. The number of rotatable bonds is 7. The molecule has 0 unspecified atom stereocenters. The van der Waals surface area contributed by atoms with Gasteiger partial charge in [-0.15, -0.1) is 0 Å². The number of hydrogen-bond acceptors (Lipinski definition) is 6. The summed E-state index contributed by atoms with van der Waals surface area (Å²) >= 11 is 12.8. The molecule has 0 aromatic heterocycles. The predicted molar refractivity (Wildman–Crippen MR) is 190 cm³/mol. The van der Waals surface area contributed by atoms with E-state index >= 15 is 14.4 Å². The van der Waals surface area contributed by atoms with Crippen molar-refractivity contribution < 1.29 is 24.0 Å². The van der Waals surface area contributed by atoms with E-state index in [1.807, 2.05) is 60.7 Å². The number of carbonyl (C=O) groups excluding carboxylic acids is 3. The number of fused-ring (bicyclic) bond motifs is 5. The number of Topliss-reactive ketones (excluding diaryl/α,β-unsaturated/α-hetero) is 1. The van der Waals surface area contributed by atoms with Crippen LogP contribution in [0.3, 0.4) is 0 Å². The molecule has 1 heterocycles. The van der Waals surface area contributed by atoms with Crippen molar-refractivity contribution in [2.45, 2.75) is 10.8 Å². The fourth-order valence-corrected chi connectivity index (χ4v) is 8.81. The number of methoxy groups -OCH3 is 1. The van der Waals surface area contributed by atoms with Crippen LogP contribution in [0.25, 0.3) is 11.1 Å². The predicted octanol–water partition coefficient (Wildman–Crippen LogP) is 8.10. The second-order valence-electron chi connectivity index (χ2n) is 12.5. The SMILES string of the molecule is COc1cc([N+](=O)[O-])ccc1N1C(=O)[C@@H]2[C@@H](C1=O)[C@@]1(c3ccc(Cl)cc3)C(=O)[C@@]2(c2ccc(Cl)cc2)C(c2ccccc2)=C1c1ccccc1. The maximum Gasteiger partial charge on any atom is 0.273 e. The number of non-ortho nitro benzene ring substituents is 1. The molecule has 1 saturated carbocycles. The molecule has 1 aliphatic heterocycles. The number of carbonyl (C=O) groups is 3. The topological polar surface area (TPSA) is 107 Å². The molecule has 2 aliphatic carbocycles. The number of anilines is 1. The van der Waals surface area contributed by atoms with Crippen LogP contribution in [0.5, 0.6) is 5.75 Å². The Morgan fingerprint density at radius 3 is 1.50 bits per heavy atom. The number of nitro groups is 1. The van der Waals surface area contributed by atoms with Gasteiger partial charge in [-0.05, 0) is 63.7 Å². The van der Waals surface area contributed by atoms with Gasteiger partial charge in [0.15, 0.2) is 5.78 Å². The van der Waals surface area contributed by atoms with Crippen LogP contribution in [0.4, 0.5) is 11.4 Å². The highest BCUT2D eigenvalue weighted by Crippen LogP contribution is 2.74. The molecule has 0 radical (unpaired) electrons. The van der Waals surface area contributed by atoms with Crippen molar-refractivity contribution in [1.82, 2.24) is 0 Å². The Balaban J connectivity index is 1.53. The molecule has 0 N–H and O–H groups in total. The van der Waals surface area contributed by atoms with Gasteiger partial charge in [-0.3, -0.25) is 24.5 Å². The van der Waals surface area contributed by atoms with Gasteiger partial charge in [0.2, 0.25) is 11.8 Å². The number of ether oxygens (including phenoxy) is 1. The van der Waals surface area contributed by atoms with Gasteiger partial charge in [0.25, 0.3) is 5.69 Å². The Morgan fingerprint density at radius 1 is 0.660 bits per heavy atom. The zero-order chi connectivity index (χ0) is 34.9. The van der Waals surface area contributed by atoms with Crippen LogP contribution >= 0.6 is 23.2 Å². The quantitative estimate of drug-likeness (QED) is 0.0965. The molecule has 3 aliphatic rings. The van der Waals surface area contributed by atoms with E-state index in [1.54, 1.807) is 48.5 Å². The third kappa shape index (κ3) is 4.09. The maximum atomic E-state index is 16.0. The molecule has 2 fully saturated rings. The standard InChI is InChI=1S/C40H26Cl2N2O6/c1-50-31-22-29(44(48)49)20-21-30(31)43-36(45)34-35(37(43)46)40(26-14-18-28(42)19-15-26)33(24-10-6-3-7-11-24)32(23-8-4-2-5-9-23)39(34,38(40)47)25-12-16-27(41)17-13-25/h2-22,34-35H,1H3/t34-,35-,39-,40-/m0/s1. The van der Waals surface area contributed by atoms with E-state index in [9.17, 15) is 10.1 Å². The second-order valence-corrected chi connectivity index (χ2v) is 13.4. The first-order valence-corrected chi connectivity index (χ1v) is 16.6. The molecule has 4 atom stereocenters. The minimum absolute atomic E-state index is 0.0276. The number of imide groups is 1. The van der Waals surface area contributed by atoms with E-state index in [2.05, 4.69) is 0 Å². The summed E-state index contributed by atoms with van der Waals surface area (Å²) < 4.78 is 5.53. The molecule has 2 bridgehead atoms. The normalized spacial score (nSPS) is 23.8. The first kappa shape index (κ1) is 31.7. The van der Waals surface area contributed by atoms with Crippen LogP contribution < -0.4 is 9.64 Å². The zero-order valence-electron chi connectivity index (χ0n) is 26.4. The number of nitrogens with zero attached hydrogens (tertiary/aromatic N) is 2. The smallest absolute Gasteiger partial charge is 0.273 e. The number of halogens is 2. The lowest BCUT2D eigenvalue weighted by Crippen LogP contribution is -2.45. The number of ketones is 1. The molecule has 50 heavy (non-hydrogen) atoms. The van der Waals surface area contributed by atoms with Gasteiger partial charge in [0.1, 0.15) is 5.75 Å². The molecule has 2 amide bonds. The van der Waals surface area contributed by atoms with Gasteiger partial charge >= 0.3 is 0 Å². The van der Waals surface area contributed by atoms with Crippen LogP contribution in [0.15, 0.2) is 127 Å². The van der Waals surface area contributed by atoms with E-state index in [1.165, 1.54) is 25.3 Å². The summed E-state index contributed by atoms with van der Waals surface area (Å²) in [5.41, 5.74) is 0.170. The van der Waals surface area contributed by atoms with E-state index in [-0.39, 0.29) is 22.9 Å². The van der Waals surface area contributed by atoms with Crippen molar-refractivity contribution in [3.63, 3.8) is 0 Å². The van der Waals surface area contributed by atoms with E-state index in [0.29, 0.717) is 32.3 Å². The average molecular weight is 702 g/mol. The highest BCUT2D eigenvalue weighted by atomic mass is 35.5. The molecule has 8 nitrogen and oxygen atoms in total. The van der Waals surface area contributed by atoms with Crippen LogP contribution in [0, 0.1) is 22.0 Å². The lowest BCUT2D eigenvalue weighted by Gasteiger charge is -2.39. The van der Waals surface area contributed by atoms with Gasteiger partial charge in [-0.25, -0.2) is 4.90 Å². The number of benzene rings is 5. The van der Waals surface area contributed by atoms with Crippen molar-refractivity contribution in [1.29, 1.82) is 0 Å². The Labute approximate surface area is 296 Å². The second kappa shape index (κ2) is 11.5. The van der Waals surface area contributed by atoms with E-state index in [4.69, 9.17) is 27.9 Å². The lowest BCUT2D eigenvalue weighted by molar-refractivity contribution is -0.384. The van der Waals surface area contributed by atoms with E-state index < -0.39 is 39.4 Å². The van der Waals surface area contributed by atoms with Crippen molar-refractivity contribution in [3.8, 4) is 5.75 Å². The first-order chi connectivity index (χ1) is 24.2. The van der Waals surface area contributed by atoms with Crippen LogP contribution in [-0.2, 0) is 25.2 Å². The number of allylic oxidation sites excluding steroid dienone is 2. The summed E-state index contributed by atoms with van der Waals surface area (Å²) in [6.07, 6.45) is 0. The molecular formula is C40H26Cl2N2O6. The molecule has 10 heteroatoms. The van der Waals surface area contributed by atoms with Crippen molar-refractivity contribution in [2.24, 2.45) is 11.8 Å². The summed E-state index contributed by atoms with van der Waals surface area (Å²) in [7, 11) is 1.31. The summed E-state index contributed by atoms with van der Waals surface area (Å²) in [6.45, 7) is 0. The maximum absolute atomic E-state index is 16.0. The molecular weight excluding hydrogens is 675 g/mol. The minimum atomic E-state index is -1.66. The molecule has 1 saturated heterocycles. The van der Waals surface area contributed by atoms with Gasteiger partial charge in [0.05, 0.1) is 46.5 Å². The Kier molecular flexibility index (Phi) is 7.29. The van der Waals surface area contributed by atoms with Crippen molar-refractivity contribution in [2.75, 3.05) is 12.0 Å². The third-order valence-electron chi connectivity index (χ3n) is 10.3. The van der Waals surface area contributed by atoms with Crippen LogP contribution in [-0.4, -0.2) is 29.6 Å². The first-order valence-electron chi connectivity index (χ1n) is 15.8. The zero-order valence-corrected chi connectivity index (χ0v) is 27.9. The summed E-state index contributed by atoms with van der Waals surface area (Å²) in [6, 6.07) is 36.3. The fourth-order valence-electron chi connectivity index (χ4n) is 8.56. The number of amides is 2. The van der Waals surface area contributed by atoms with Gasteiger partial charge in [-0.1, -0.05) is 108 Å². The highest BCUT2D eigenvalue weighted by Gasteiger charge is 2.83. The van der Waals surface area contributed by atoms with Gasteiger partial charge in [-0.2, -0.15) is 0 Å². The Bertz CT molecular complexity index is 2150. The summed E-state index contributed by atoms with van der Waals surface area (Å²) in [5.74, 6) is -3.98. The van der Waals surface area contributed by atoms with Gasteiger partial charge in [0, 0.05) is 16.1 Å². The molecule has 8 rings (SSSR count). The van der Waals surface area contributed by atoms with Crippen LogP contribution in [0.1, 0.15) is 22.3 Å². The summed E-state index contributed by atoms with van der Waals surface area (Å²) in [5, 5.41) is 12.5. The largest absolute Gasteiger partial charge is 0.494 e. The molecule has 0 spiro atoms. The highest BCUT2D eigenvalue weighted by molar-refractivity contribution is 6.39. The Morgan fingerprint density at radius 2 is 1.10 bits per heavy atom. The van der Waals surface area contributed by atoms with Crippen molar-refractivity contribution in [3.05, 3.63) is 170 Å². The molecule has 5 aromatic carbocycles. The Hall–Kier alpha value is -5.57.